The summed E-state index contributed by atoms with van der Waals surface area (Å²) in [5.74, 6) is 1.09. The normalized spacial score (nSPS) is 16.1. The quantitative estimate of drug-likeness (QED) is 0.636. The summed E-state index contributed by atoms with van der Waals surface area (Å²) in [6.45, 7) is 0. The molecule has 0 aliphatic carbocycles. The van der Waals surface area contributed by atoms with Gasteiger partial charge in [-0.05, 0) is 41.3 Å². The Hall–Kier alpha value is -2.33. The van der Waals surface area contributed by atoms with Crippen LogP contribution in [0.25, 0.3) is 11.8 Å². The minimum atomic E-state index is -0.316. The summed E-state index contributed by atoms with van der Waals surface area (Å²) in [6, 6.07) is 11.4. The maximum Gasteiger partial charge on any atom is 0.343 e. The molecule has 1 aliphatic heterocycles. The van der Waals surface area contributed by atoms with E-state index in [1.165, 1.54) is 0 Å². The van der Waals surface area contributed by atoms with Gasteiger partial charge in [-0.15, -0.1) is 11.3 Å². The Morgan fingerprint density at radius 1 is 1.20 bits per heavy atom. The Balaban J connectivity index is 1.88. The van der Waals surface area contributed by atoms with Crippen LogP contribution in [0.5, 0.6) is 5.75 Å². The van der Waals surface area contributed by atoms with Crippen LogP contribution < -0.4 is 4.74 Å². The monoisotopic (exact) mass is 284 g/mol. The predicted molar refractivity (Wildman–Crippen MR) is 79.4 cm³/mol. The number of ether oxygens (including phenoxy) is 2. The van der Waals surface area contributed by atoms with Crippen LogP contribution in [0.15, 0.2) is 53.4 Å². The molecular formula is C16H12O3S. The molecule has 0 saturated carbocycles. The van der Waals surface area contributed by atoms with Crippen LogP contribution in [0.3, 0.4) is 0 Å². The molecule has 0 saturated heterocycles. The van der Waals surface area contributed by atoms with Crippen LogP contribution in [-0.2, 0) is 9.53 Å². The lowest BCUT2D eigenvalue weighted by Gasteiger charge is -1.99. The minimum Gasteiger partial charge on any atom is -0.497 e. The second-order valence-corrected chi connectivity index (χ2v) is 5.20. The molecule has 3 nitrogen and oxygen atoms in total. The fraction of sp³-hybridized carbons (Fsp3) is 0.0625. The van der Waals surface area contributed by atoms with E-state index >= 15 is 0 Å². The van der Waals surface area contributed by atoms with Crippen molar-refractivity contribution in [3.63, 3.8) is 0 Å². The number of thiophene rings is 1. The molecule has 0 atom stereocenters. The summed E-state index contributed by atoms with van der Waals surface area (Å²) in [7, 11) is 1.62. The van der Waals surface area contributed by atoms with Crippen molar-refractivity contribution in [2.24, 2.45) is 0 Å². The van der Waals surface area contributed by atoms with Crippen molar-refractivity contribution >= 4 is 29.1 Å². The largest absolute Gasteiger partial charge is 0.497 e. The van der Waals surface area contributed by atoms with Crippen molar-refractivity contribution in [3.8, 4) is 5.75 Å². The average molecular weight is 284 g/mol. The minimum absolute atomic E-state index is 0.316. The summed E-state index contributed by atoms with van der Waals surface area (Å²) in [6.07, 6.45) is 3.58. The number of benzene rings is 1. The molecule has 0 bridgehead atoms. The molecule has 2 heterocycles. The fourth-order valence-electron chi connectivity index (χ4n) is 1.91. The van der Waals surface area contributed by atoms with Crippen LogP contribution in [0.1, 0.15) is 10.4 Å². The number of cyclic esters (lactones) is 1. The van der Waals surface area contributed by atoms with Gasteiger partial charge in [0.05, 0.1) is 17.6 Å². The zero-order valence-electron chi connectivity index (χ0n) is 10.8. The van der Waals surface area contributed by atoms with Gasteiger partial charge in [0.25, 0.3) is 0 Å². The molecule has 3 rings (SSSR count). The van der Waals surface area contributed by atoms with E-state index < -0.39 is 0 Å². The highest BCUT2D eigenvalue weighted by Gasteiger charge is 2.22. The molecule has 0 unspecified atom stereocenters. The first-order valence-corrected chi connectivity index (χ1v) is 6.98. The molecule has 0 fully saturated rings. The Morgan fingerprint density at radius 3 is 2.65 bits per heavy atom. The molecule has 1 aromatic carbocycles. The van der Waals surface area contributed by atoms with Gasteiger partial charge in [0.2, 0.25) is 0 Å². The van der Waals surface area contributed by atoms with Gasteiger partial charge in [0.1, 0.15) is 11.5 Å². The van der Waals surface area contributed by atoms with E-state index in [0.717, 1.165) is 16.2 Å². The summed E-state index contributed by atoms with van der Waals surface area (Å²) in [5, 5.41) is 1.95. The lowest BCUT2D eigenvalue weighted by Crippen LogP contribution is -1.96. The lowest BCUT2D eigenvalue weighted by molar-refractivity contribution is -0.130. The maximum absolute atomic E-state index is 11.8. The first-order valence-electron chi connectivity index (χ1n) is 6.10. The van der Waals surface area contributed by atoms with E-state index in [1.54, 1.807) is 24.5 Å². The molecule has 2 aromatic rings. The number of methoxy groups -OCH3 is 1. The molecule has 4 heteroatoms. The molecule has 20 heavy (non-hydrogen) atoms. The molecule has 0 spiro atoms. The van der Waals surface area contributed by atoms with Gasteiger partial charge >= 0.3 is 5.97 Å². The summed E-state index contributed by atoms with van der Waals surface area (Å²) < 4.78 is 10.4. The molecule has 1 aliphatic rings. The Bertz CT molecular complexity index is 679. The van der Waals surface area contributed by atoms with Gasteiger partial charge in [-0.3, -0.25) is 0 Å². The van der Waals surface area contributed by atoms with Gasteiger partial charge < -0.3 is 9.47 Å². The fourth-order valence-corrected chi connectivity index (χ4v) is 2.59. The second kappa shape index (κ2) is 5.35. The van der Waals surface area contributed by atoms with Gasteiger partial charge in [-0.1, -0.05) is 18.2 Å². The third-order valence-electron chi connectivity index (χ3n) is 2.93. The summed E-state index contributed by atoms with van der Waals surface area (Å²) >= 11 is 1.55. The van der Waals surface area contributed by atoms with E-state index in [-0.39, 0.29) is 5.97 Å². The standard InChI is InChI=1S/C16H12O3S/c1-18-13-6-4-11(5-7-13)9-12-10-14(19-16(12)17)15-3-2-8-20-15/h2-10H,1H3/b12-9+. The van der Waals surface area contributed by atoms with Crippen molar-refractivity contribution in [2.45, 2.75) is 0 Å². The van der Waals surface area contributed by atoms with Crippen LogP contribution in [-0.4, -0.2) is 13.1 Å². The molecule has 100 valence electrons. The van der Waals surface area contributed by atoms with Crippen molar-refractivity contribution in [1.29, 1.82) is 0 Å². The molecule has 0 N–H and O–H groups in total. The number of carbonyl (C=O) groups excluding carboxylic acids is 1. The molecule has 0 amide bonds. The maximum atomic E-state index is 11.8. The van der Waals surface area contributed by atoms with Crippen molar-refractivity contribution in [1.82, 2.24) is 0 Å². The van der Waals surface area contributed by atoms with Crippen LogP contribution in [0, 0.1) is 0 Å². The first-order chi connectivity index (χ1) is 9.76. The summed E-state index contributed by atoms with van der Waals surface area (Å²) in [4.78, 5) is 12.8. The number of hydrogen-bond acceptors (Lipinski definition) is 4. The summed E-state index contributed by atoms with van der Waals surface area (Å²) in [5.41, 5.74) is 1.49. The van der Waals surface area contributed by atoms with E-state index in [9.17, 15) is 4.79 Å². The Kier molecular flexibility index (Phi) is 3.39. The smallest absolute Gasteiger partial charge is 0.343 e. The van der Waals surface area contributed by atoms with E-state index in [0.29, 0.717) is 11.3 Å². The molecule has 0 radical (unpaired) electrons. The molecule has 1 aromatic heterocycles. The topological polar surface area (TPSA) is 35.5 Å². The van der Waals surface area contributed by atoms with Gasteiger partial charge in [0, 0.05) is 0 Å². The van der Waals surface area contributed by atoms with Crippen molar-refractivity contribution in [3.05, 3.63) is 63.9 Å². The highest BCUT2D eigenvalue weighted by Crippen LogP contribution is 2.30. The van der Waals surface area contributed by atoms with Gasteiger partial charge in [-0.2, -0.15) is 0 Å². The first kappa shape index (κ1) is 12.7. The number of hydrogen-bond donors (Lipinski definition) is 0. The SMILES string of the molecule is COc1ccc(/C=C2\C=C(c3cccs3)OC2=O)cc1. The number of carbonyl (C=O) groups is 1. The zero-order valence-corrected chi connectivity index (χ0v) is 11.6. The average Bonchev–Trinajstić information content (AvgIpc) is 3.10. The number of rotatable bonds is 3. The van der Waals surface area contributed by atoms with Crippen molar-refractivity contribution in [2.75, 3.05) is 7.11 Å². The van der Waals surface area contributed by atoms with Crippen LogP contribution >= 0.6 is 11.3 Å². The van der Waals surface area contributed by atoms with Crippen molar-refractivity contribution < 1.29 is 14.3 Å². The van der Waals surface area contributed by atoms with E-state index in [2.05, 4.69) is 0 Å². The Labute approximate surface area is 120 Å². The zero-order chi connectivity index (χ0) is 13.9. The van der Waals surface area contributed by atoms with E-state index in [4.69, 9.17) is 9.47 Å². The highest BCUT2D eigenvalue weighted by molar-refractivity contribution is 7.11. The van der Waals surface area contributed by atoms with Crippen LogP contribution in [0.4, 0.5) is 0 Å². The molecular weight excluding hydrogens is 272 g/mol. The van der Waals surface area contributed by atoms with Crippen LogP contribution in [0.2, 0.25) is 0 Å². The van der Waals surface area contributed by atoms with Gasteiger partial charge in [-0.25, -0.2) is 4.79 Å². The Morgan fingerprint density at radius 2 is 2.00 bits per heavy atom. The number of esters is 1. The van der Waals surface area contributed by atoms with E-state index in [1.807, 2.05) is 47.9 Å². The highest BCUT2D eigenvalue weighted by atomic mass is 32.1. The lowest BCUT2D eigenvalue weighted by atomic mass is 10.1. The predicted octanol–water partition coefficient (Wildman–Crippen LogP) is 3.74. The van der Waals surface area contributed by atoms with Gasteiger partial charge in [0.15, 0.2) is 0 Å². The third kappa shape index (κ3) is 2.51. The third-order valence-corrected chi connectivity index (χ3v) is 3.81. The second-order valence-electron chi connectivity index (χ2n) is 4.25.